The first-order chi connectivity index (χ1) is 16.1. The van der Waals surface area contributed by atoms with Gasteiger partial charge in [0.15, 0.2) is 0 Å². The maximum atomic E-state index is 13.7. The highest BCUT2D eigenvalue weighted by atomic mass is 32.2. The number of ether oxygens (including phenoxy) is 1. The van der Waals surface area contributed by atoms with Crippen molar-refractivity contribution in [1.82, 2.24) is 0 Å². The Morgan fingerprint density at radius 3 is 2.45 bits per heavy atom. The highest BCUT2D eigenvalue weighted by Gasteiger charge is 2.44. The molecule has 0 spiro atoms. The molecule has 2 aliphatic heterocycles. The molecule has 4 rings (SSSR count). The van der Waals surface area contributed by atoms with Crippen LogP contribution in [0.5, 0.6) is 0 Å². The van der Waals surface area contributed by atoms with Crippen LogP contribution in [-0.4, -0.2) is 43.3 Å². The summed E-state index contributed by atoms with van der Waals surface area (Å²) < 4.78 is 19.3. The topological polar surface area (TPSA) is 66.8 Å². The third-order valence-corrected chi connectivity index (χ3v) is 8.53. The maximum Gasteiger partial charge on any atom is 0.123 e. The van der Waals surface area contributed by atoms with Gasteiger partial charge in [0.05, 0.1) is 19.3 Å². The van der Waals surface area contributed by atoms with E-state index in [9.17, 15) is 9.50 Å². The fraction of sp³-hybridized carbons (Fsp3) is 0.538. The molecule has 33 heavy (non-hydrogen) atoms. The van der Waals surface area contributed by atoms with Gasteiger partial charge in [0, 0.05) is 50.7 Å². The maximum absolute atomic E-state index is 13.7. The van der Waals surface area contributed by atoms with E-state index >= 15 is 0 Å². The molecule has 0 radical (unpaired) electrons. The molecule has 2 aromatic rings. The van der Waals surface area contributed by atoms with E-state index in [-0.39, 0.29) is 17.2 Å². The molecule has 2 heterocycles. The van der Waals surface area contributed by atoms with Gasteiger partial charge in [0.25, 0.3) is 0 Å². The zero-order valence-electron chi connectivity index (χ0n) is 19.5. The van der Waals surface area contributed by atoms with Crippen molar-refractivity contribution in [2.75, 3.05) is 37.0 Å². The number of rotatable bonds is 6. The van der Waals surface area contributed by atoms with Crippen molar-refractivity contribution in [2.45, 2.75) is 56.4 Å². The molecule has 0 aromatic heterocycles. The first-order valence-electron chi connectivity index (χ1n) is 11.8. The second kappa shape index (κ2) is 12.0. The standard InChI is InChI=1S/C26H34FNO2S.O2/c1-3-5-12-26(4-2)18-31-23-11-10-21(28-13-15-30-16-14-28)17-22(23)24(25(26)29)19-6-8-20(27)9-7-19;1-2/h6-11,17,24-25,29H,3-5,12-16,18H2,1-2H3;/t24-,25-,26-;/m1./s1. The van der Waals surface area contributed by atoms with Gasteiger partial charge in [-0.1, -0.05) is 38.8 Å². The van der Waals surface area contributed by atoms with E-state index in [1.807, 2.05) is 23.9 Å². The smallest absolute Gasteiger partial charge is 0.123 e. The van der Waals surface area contributed by atoms with E-state index in [0.717, 1.165) is 63.3 Å². The average Bonchev–Trinajstić information content (AvgIpc) is 2.99. The lowest BCUT2D eigenvalue weighted by atomic mass is 9.69. The van der Waals surface area contributed by atoms with Gasteiger partial charge in [-0.3, -0.25) is 0 Å². The fourth-order valence-electron chi connectivity index (χ4n) is 5.03. The summed E-state index contributed by atoms with van der Waals surface area (Å²) >= 11 is 1.87. The Labute approximate surface area is 199 Å². The Morgan fingerprint density at radius 1 is 1.12 bits per heavy atom. The summed E-state index contributed by atoms with van der Waals surface area (Å²) in [7, 11) is 0. The van der Waals surface area contributed by atoms with E-state index in [1.54, 1.807) is 0 Å². The summed E-state index contributed by atoms with van der Waals surface area (Å²) in [6, 6.07) is 13.4. The molecule has 2 aliphatic rings. The number of halogens is 1. The van der Waals surface area contributed by atoms with E-state index in [4.69, 9.17) is 14.7 Å². The molecule has 5 nitrogen and oxygen atoms in total. The van der Waals surface area contributed by atoms with Crippen LogP contribution in [0.3, 0.4) is 0 Å². The van der Waals surface area contributed by atoms with Gasteiger partial charge in [-0.25, -0.2) is 4.39 Å². The van der Waals surface area contributed by atoms with Crippen molar-refractivity contribution < 1.29 is 14.2 Å². The van der Waals surface area contributed by atoms with Crippen LogP contribution >= 0.6 is 11.8 Å². The van der Waals surface area contributed by atoms with Crippen molar-refractivity contribution in [3.63, 3.8) is 0 Å². The molecule has 0 saturated carbocycles. The number of fused-ring (bicyclic) bond motifs is 1. The van der Waals surface area contributed by atoms with Crippen LogP contribution < -0.4 is 4.90 Å². The monoisotopic (exact) mass is 475 g/mol. The Hall–Kier alpha value is -1.96. The van der Waals surface area contributed by atoms with Crippen molar-refractivity contribution >= 4 is 17.4 Å². The largest absolute Gasteiger partial charge is 0.392 e. The van der Waals surface area contributed by atoms with Crippen molar-refractivity contribution in [2.24, 2.45) is 5.41 Å². The van der Waals surface area contributed by atoms with Crippen molar-refractivity contribution in [1.29, 1.82) is 0 Å². The first-order valence-corrected chi connectivity index (χ1v) is 12.8. The normalized spacial score (nSPS) is 24.9. The number of anilines is 1. The number of unbranched alkanes of at least 4 members (excludes halogenated alkanes) is 1. The fourth-order valence-corrected chi connectivity index (χ4v) is 6.51. The van der Waals surface area contributed by atoms with Gasteiger partial charge in [-0.05, 0) is 54.3 Å². The molecule has 0 unspecified atom stereocenters. The number of aliphatic hydroxyl groups excluding tert-OH is 1. The van der Waals surface area contributed by atoms with E-state index < -0.39 is 6.10 Å². The summed E-state index contributed by atoms with van der Waals surface area (Å²) in [6.07, 6.45) is 3.66. The molecule has 7 heteroatoms. The van der Waals surface area contributed by atoms with Gasteiger partial charge in [-0.2, -0.15) is 0 Å². The quantitative estimate of drug-likeness (QED) is 0.560. The Kier molecular flexibility index (Phi) is 9.29. The summed E-state index contributed by atoms with van der Waals surface area (Å²) in [5.74, 6) is 0.506. The number of hydrogen-bond donors (Lipinski definition) is 1. The minimum absolute atomic E-state index is 0.155. The van der Waals surface area contributed by atoms with Crippen LogP contribution in [0.25, 0.3) is 0 Å². The van der Waals surface area contributed by atoms with Gasteiger partial charge in [0.2, 0.25) is 0 Å². The van der Waals surface area contributed by atoms with Crippen LogP contribution in [0, 0.1) is 21.2 Å². The Morgan fingerprint density at radius 2 is 1.82 bits per heavy atom. The molecular formula is C26H34FNO4S. The molecule has 2 aromatic carbocycles. The molecule has 0 amide bonds. The average molecular weight is 476 g/mol. The van der Waals surface area contributed by atoms with E-state index in [2.05, 4.69) is 36.9 Å². The molecule has 180 valence electrons. The molecule has 3 atom stereocenters. The predicted octanol–water partition coefficient (Wildman–Crippen LogP) is 5.91. The zero-order chi connectivity index (χ0) is 23.8. The summed E-state index contributed by atoms with van der Waals surface area (Å²) in [5, 5.41) is 11.9. The minimum atomic E-state index is -0.511. The second-order valence-corrected chi connectivity index (χ2v) is 9.92. The van der Waals surface area contributed by atoms with Gasteiger partial charge >= 0.3 is 0 Å². The Bertz CT molecular complexity index is 890. The third kappa shape index (κ3) is 5.58. The third-order valence-electron chi connectivity index (χ3n) is 7.12. The number of thioether (sulfide) groups is 1. The van der Waals surface area contributed by atoms with Crippen LogP contribution in [0.4, 0.5) is 10.1 Å². The van der Waals surface area contributed by atoms with Crippen molar-refractivity contribution in [3.05, 3.63) is 69.3 Å². The number of aliphatic hydroxyl groups is 1. The van der Waals surface area contributed by atoms with Crippen molar-refractivity contribution in [3.8, 4) is 0 Å². The highest BCUT2D eigenvalue weighted by molar-refractivity contribution is 7.99. The van der Waals surface area contributed by atoms with Gasteiger partial charge in [0.1, 0.15) is 5.82 Å². The van der Waals surface area contributed by atoms with Crippen LogP contribution in [0.2, 0.25) is 0 Å². The van der Waals surface area contributed by atoms with Crippen LogP contribution in [-0.2, 0) is 4.74 Å². The highest BCUT2D eigenvalue weighted by Crippen LogP contribution is 2.51. The summed E-state index contributed by atoms with van der Waals surface area (Å²) in [6.45, 7) is 7.66. The molecule has 1 saturated heterocycles. The second-order valence-electron chi connectivity index (χ2n) is 8.90. The van der Waals surface area contributed by atoms with E-state index in [0.29, 0.717) is 0 Å². The lowest BCUT2D eigenvalue weighted by Gasteiger charge is -2.40. The van der Waals surface area contributed by atoms with Gasteiger partial charge in [-0.15, -0.1) is 11.8 Å². The lowest BCUT2D eigenvalue weighted by Crippen LogP contribution is -2.40. The lowest BCUT2D eigenvalue weighted by molar-refractivity contribution is 0.0182. The number of hydrogen-bond acceptors (Lipinski definition) is 6. The summed E-state index contributed by atoms with van der Waals surface area (Å²) in [4.78, 5) is 17.6. The zero-order valence-corrected chi connectivity index (χ0v) is 20.3. The molecule has 0 bridgehead atoms. The summed E-state index contributed by atoms with van der Waals surface area (Å²) in [5.41, 5.74) is 3.18. The molecular weight excluding hydrogens is 441 g/mol. The Balaban J connectivity index is 0.00000149. The van der Waals surface area contributed by atoms with Gasteiger partial charge < -0.3 is 14.7 Å². The molecule has 1 N–H and O–H groups in total. The number of benzene rings is 2. The molecule has 1 fully saturated rings. The SMILES string of the molecule is CCCC[C@]1(CC)CSc2ccc(N3CCOCC3)cc2[C@@H](c2ccc(F)cc2)[C@H]1O.O=O. The molecule has 0 aliphatic carbocycles. The number of morpholine rings is 1. The minimum Gasteiger partial charge on any atom is -0.392 e. The first kappa shape index (κ1) is 25.7. The van der Waals surface area contributed by atoms with Crippen LogP contribution in [0.1, 0.15) is 56.6 Å². The predicted molar refractivity (Wildman–Crippen MR) is 133 cm³/mol. The van der Waals surface area contributed by atoms with Crippen LogP contribution in [0.15, 0.2) is 47.4 Å². The number of nitrogens with zero attached hydrogens (tertiary/aromatic N) is 1. The van der Waals surface area contributed by atoms with E-state index in [1.165, 1.54) is 28.3 Å².